The van der Waals surface area contributed by atoms with E-state index >= 15 is 0 Å². The van der Waals surface area contributed by atoms with Gasteiger partial charge in [0.15, 0.2) is 0 Å². The van der Waals surface area contributed by atoms with E-state index in [0.717, 1.165) is 42.3 Å². The fourth-order valence-corrected chi connectivity index (χ4v) is 2.42. The van der Waals surface area contributed by atoms with Crippen molar-refractivity contribution in [2.45, 2.75) is 32.2 Å². The van der Waals surface area contributed by atoms with Gasteiger partial charge in [0, 0.05) is 37.2 Å². The Morgan fingerprint density at radius 1 is 1.40 bits per heavy atom. The molecule has 2 N–H and O–H groups in total. The van der Waals surface area contributed by atoms with Crippen LogP contribution in [-0.2, 0) is 19.4 Å². The summed E-state index contributed by atoms with van der Waals surface area (Å²) < 4.78 is 0.798. The van der Waals surface area contributed by atoms with Crippen LogP contribution in [0.15, 0.2) is 0 Å². The van der Waals surface area contributed by atoms with Crippen LogP contribution in [0.25, 0.3) is 0 Å². The number of fused-ring (bicyclic) bond motifs is 1. The first-order valence-electron chi connectivity index (χ1n) is 5.64. The molecule has 3 rings (SSSR count). The van der Waals surface area contributed by atoms with Crippen LogP contribution in [0.1, 0.15) is 29.9 Å². The van der Waals surface area contributed by atoms with Crippen LogP contribution in [0.5, 0.6) is 0 Å². The number of nitrogens with zero attached hydrogens (tertiary/aromatic N) is 1. The molecule has 1 aromatic rings. The van der Waals surface area contributed by atoms with Gasteiger partial charge in [-0.05, 0) is 18.8 Å². The molecule has 4 heteroatoms. The highest BCUT2D eigenvalue weighted by Gasteiger charge is 2.23. The van der Waals surface area contributed by atoms with E-state index in [1.807, 2.05) is 0 Å². The molecule has 1 saturated carbocycles. The number of rotatable bonds is 2. The molecule has 15 heavy (non-hydrogen) atoms. The summed E-state index contributed by atoms with van der Waals surface area (Å²) in [6, 6.07) is 0. The van der Waals surface area contributed by atoms with E-state index in [9.17, 15) is 0 Å². The molecule has 0 amide bonds. The number of H-pyrrole nitrogens is 1. The minimum absolute atomic E-state index is 0.798. The first-order chi connectivity index (χ1) is 7.33. The molecule has 1 aliphatic heterocycles. The fraction of sp³-hybridized carbons (Fsp3) is 0.636. The Bertz CT molecular complexity index is 434. The van der Waals surface area contributed by atoms with E-state index in [1.54, 1.807) is 0 Å². The van der Waals surface area contributed by atoms with E-state index in [2.05, 4.69) is 15.3 Å². The third kappa shape index (κ3) is 1.96. The summed E-state index contributed by atoms with van der Waals surface area (Å²) >= 11 is 5.33. The van der Waals surface area contributed by atoms with Gasteiger partial charge in [0.05, 0.1) is 0 Å². The van der Waals surface area contributed by atoms with Crippen LogP contribution < -0.4 is 5.32 Å². The SMILES string of the molecule is S=c1nc(CC2CC2)[nH]c2c1CNCC2. The normalized spacial score (nSPS) is 20.0. The van der Waals surface area contributed by atoms with Crippen LogP contribution >= 0.6 is 12.2 Å². The number of aromatic nitrogens is 2. The Morgan fingerprint density at radius 2 is 2.27 bits per heavy atom. The lowest BCUT2D eigenvalue weighted by Gasteiger charge is -2.17. The van der Waals surface area contributed by atoms with Gasteiger partial charge in [0.2, 0.25) is 0 Å². The van der Waals surface area contributed by atoms with Crippen molar-refractivity contribution < 1.29 is 0 Å². The van der Waals surface area contributed by atoms with Gasteiger partial charge in [-0.15, -0.1) is 0 Å². The second kappa shape index (κ2) is 3.68. The summed E-state index contributed by atoms with van der Waals surface area (Å²) in [7, 11) is 0. The molecule has 80 valence electrons. The predicted molar refractivity (Wildman–Crippen MR) is 61.3 cm³/mol. The molecule has 1 fully saturated rings. The van der Waals surface area contributed by atoms with Gasteiger partial charge in [-0.3, -0.25) is 0 Å². The average Bonchev–Trinajstić information content (AvgIpc) is 3.02. The van der Waals surface area contributed by atoms with Crippen molar-refractivity contribution in [1.29, 1.82) is 0 Å². The molecule has 2 aliphatic rings. The topological polar surface area (TPSA) is 40.7 Å². The van der Waals surface area contributed by atoms with Crippen molar-refractivity contribution in [3.63, 3.8) is 0 Å². The lowest BCUT2D eigenvalue weighted by molar-refractivity contribution is 0.613. The van der Waals surface area contributed by atoms with Gasteiger partial charge in [0.1, 0.15) is 10.5 Å². The molecule has 3 nitrogen and oxygen atoms in total. The zero-order chi connectivity index (χ0) is 10.3. The van der Waals surface area contributed by atoms with Crippen molar-refractivity contribution in [1.82, 2.24) is 15.3 Å². The van der Waals surface area contributed by atoms with Crippen LogP contribution in [0.4, 0.5) is 0 Å². The second-order valence-electron chi connectivity index (χ2n) is 4.52. The molecule has 0 aromatic carbocycles. The molecule has 1 aliphatic carbocycles. The molecule has 0 bridgehead atoms. The Hall–Kier alpha value is -0.740. The highest BCUT2D eigenvalue weighted by molar-refractivity contribution is 7.71. The predicted octanol–water partition coefficient (Wildman–Crippen LogP) is 1.74. The third-order valence-corrected chi connectivity index (χ3v) is 3.52. The largest absolute Gasteiger partial charge is 0.347 e. The molecule has 1 aromatic heterocycles. The van der Waals surface area contributed by atoms with E-state index in [0.29, 0.717) is 0 Å². The molecule has 2 heterocycles. The number of hydrogen-bond acceptors (Lipinski definition) is 3. The lowest BCUT2D eigenvalue weighted by Crippen LogP contribution is -2.26. The number of aromatic amines is 1. The van der Waals surface area contributed by atoms with Gasteiger partial charge in [0.25, 0.3) is 0 Å². The van der Waals surface area contributed by atoms with Gasteiger partial charge < -0.3 is 10.3 Å². The molecule has 0 saturated heterocycles. The van der Waals surface area contributed by atoms with Crippen LogP contribution in [0.3, 0.4) is 0 Å². The number of hydrogen-bond donors (Lipinski definition) is 2. The lowest BCUT2D eigenvalue weighted by atomic mass is 10.1. The highest BCUT2D eigenvalue weighted by Crippen LogP contribution is 2.31. The van der Waals surface area contributed by atoms with E-state index in [4.69, 9.17) is 12.2 Å². The van der Waals surface area contributed by atoms with Gasteiger partial charge in [-0.1, -0.05) is 12.2 Å². The maximum Gasteiger partial charge on any atom is 0.134 e. The van der Waals surface area contributed by atoms with Crippen molar-refractivity contribution in [2.75, 3.05) is 6.54 Å². The average molecular weight is 221 g/mol. The van der Waals surface area contributed by atoms with Crippen LogP contribution in [0.2, 0.25) is 0 Å². The fourth-order valence-electron chi connectivity index (χ4n) is 2.11. The van der Waals surface area contributed by atoms with E-state index in [-0.39, 0.29) is 0 Å². The molecular formula is C11H15N3S. The summed E-state index contributed by atoms with van der Waals surface area (Å²) in [5.41, 5.74) is 2.51. The Morgan fingerprint density at radius 3 is 3.07 bits per heavy atom. The summed E-state index contributed by atoms with van der Waals surface area (Å²) in [5, 5.41) is 3.33. The smallest absolute Gasteiger partial charge is 0.134 e. The second-order valence-corrected chi connectivity index (χ2v) is 4.91. The maximum atomic E-state index is 5.33. The van der Waals surface area contributed by atoms with Gasteiger partial charge >= 0.3 is 0 Å². The molecule has 0 atom stereocenters. The first kappa shape index (κ1) is 9.48. The van der Waals surface area contributed by atoms with Crippen molar-refractivity contribution in [3.05, 3.63) is 21.7 Å². The monoisotopic (exact) mass is 221 g/mol. The van der Waals surface area contributed by atoms with E-state index in [1.165, 1.54) is 24.1 Å². The molecule has 0 spiro atoms. The maximum absolute atomic E-state index is 5.33. The Balaban J connectivity index is 1.96. The summed E-state index contributed by atoms with van der Waals surface area (Å²) in [5.74, 6) is 1.96. The quantitative estimate of drug-likeness (QED) is 0.747. The molecular weight excluding hydrogens is 206 g/mol. The minimum Gasteiger partial charge on any atom is -0.347 e. The molecule has 0 unspecified atom stereocenters. The Kier molecular flexibility index (Phi) is 2.33. The standard InChI is InChI=1S/C11H15N3S/c15-11-8-6-12-4-3-9(8)13-10(14-11)5-7-1-2-7/h7,12H,1-6H2,(H,13,14,15). The van der Waals surface area contributed by atoms with Crippen molar-refractivity contribution in [2.24, 2.45) is 5.92 Å². The zero-order valence-corrected chi connectivity index (χ0v) is 9.49. The van der Waals surface area contributed by atoms with Crippen LogP contribution in [0, 0.1) is 10.6 Å². The minimum atomic E-state index is 0.798. The van der Waals surface area contributed by atoms with Crippen molar-refractivity contribution in [3.8, 4) is 0 Å². The zero-order valence-electron chi connectivity index (χ0n) is 8.68. The van der Waals surface area contributed by atoms with Gasteiger partial charge in [-0.25, -0.2) is 4.98 Å². The first-order valence-corrected chi connectivity index (χ1v) is 6.05. The summed E-state index contributed by atoms with van der Waals surface area (Å²) in [6.45, 7) is 1.92. The van der Waals surface area contributed by atoms with E-state index < -0.39 is 0 Å². The molecule has 0 radical (unpaired) electrons. The summed E-state index contributed by atoms with van der Waals surface area (Å²) in [6.07, 6.45) is 4.87. The number of nitrogens with one attached hydrogen (secondary N) is 2. The highest BCUT2D eigenvalue weighted by atomic mass is 32.1. The third-order valence-electron chi connectivity index (χ3n) is 3.19. The van der Waals surface area contributed by atoms with Crippen molar-refractivity contribution >= 4 is 12.2 Å². The Labute approximate surface area is 94.3 Å². The van der Waals surface area contributed by atoms with Crippen LogP contribution in [-0.4, -0.2) is 16.5 Å². The van der Waals surface area contributed by atoms with Gasteiger partial charge in [-0.2, -0.15) is 0 Å². The summed E-state index contributed by atoms with van der Waals surface area (Å²) in [4.78, 5) is 7.95.